The molecular formula is C14H24O2. The summed E-state index contributed by atoms with van der Waals surface area (Å²) in [5.74, 6) is -0.0859. The zero-order valence-electron chi connectivity index (χ0n) is 10.8. The van der Waals surface area contributed by atoms with Crippen LogP contribution in [0.5, 0.6) is 0 Å². The van der Waals surface area contributed by atoms with Crippen molar-refractivity contribution in [3.63, 3.8) is 0 Å². The lowest BCUT2D eigenvalue weighted by Gasteiger charge is -2.02. The van der Waals surface area contributed by atoms with Crippen LogP contribution in [0, 0.1) is 0 Å². The van der Waals surface area contributed by atoms with E-state index < -0.39 is 0 Å². The SMILES string of the molecule is C=C(C)CC/C=C(\C)CCCC(=O)OCC. The molecule has 0 aliphatic rings. The minimum absolute atomic E-state index is 0.0859. The van der Waals surface area contributed by atoms with Gasteiger partial charge in [0.2, 0.25) is 0 Å². The summed E-state index contributed by atoms with van der Waals surface area (Å²) in [6.07, 6.45) is 6.73. The van der Waals surface area contributed by atoms with Gasteiger partial charge in [0.1, 0.15) is 0 Å². The first-order valence-electron chi connectivity index (χ1n) is 6.02. The molecule has 2 nitrogen and oxygen atoms in total. The van der Waals surface area contributed by atoms with Gasteiger partial charge in [0, 0.05) is 6.42 Å². The van der Waals surface area contributed by atoms with E-state index in [0.29, 0.717) is 13.0 Å². The summed E-state index contributed by atoms with van der Waals surface area (Å²) in [5.41, 5.74) is 2.57. The summed E-state index contributed by atoms with van der Waals surface area (Å²) < 4.78 is 4.87. The van der Waals surface area contributed by atoms with Gasteiger partial charge in [-0.1, -0.05) is 17.2 Å². The highest BCUT2D eigenvalue weighted by molar-refractivity contribution is 5.69. The molecule has 0 aromatic rings. The molecule has 0 aromatic carbocycles. The van der Waals surface area contributed by atoms with Crippen LogP contribution in [-0.4, -0.2) is 12.6 Å². The van der Waals surface area contributed by atoms with Crippen molar-refractivity contribution < 1.29 is 9.53 Å². The standard InChI is InChI=1S/C14H24O2/c1-5-16-14(15)11-7-10-13(4)9-6-8-12(2)3/h9H,2,5-8,10-11H2,1,3-4H3/b13-9+. The third-order valence-corrected chi connectivity index (χ3v) is 2.32. The van der Waals surface area contributed by atoms with Gasteiger partial charge in [-0.2, -0.15) is 0 Å². The molecule has 0 aliphatic heterocycles. The number of rotatable bonds is 8. The second-order valence-corrected chi connectivity index (χ2v) is 4.20. The first-order valence-corrected chi connectivity index (χ1v) is 6.02. The first-order chi connectivity index (χ1) is 7.56. The summed E-state index contributed by atoms with van der Waals surface area (Å²) >= 11 is 0. The molecule has 0 radical (unpaired) electrons. The number of allylic oxidation sites excluding steroid dienone is 3. The predicted molar refractivity (Wildman–Crippen MR) is 68.3 cm³/mol. The predicted octanol–water partition coefficient (Wildman–Crippen LogP) is 4.02. The zero-order valence-corrected chi connectivity index (χ0v) is 10.8. The van der Waals surface area contributed by atoms with E-state index in [-0.39, 0.29) is 5.97 Å². The van der Waals surface area contributed by atoms with Gasteiger partial charge in [-0.05, 0) is 46.5 Å². The van der Waals surface area contributed by atoms with Gasteiger partial charge in [0.05, 0.1) is 6.61 Å². The van der Waals surface area contributed by atoms with Gasteiger partial charge in [-0.3, -0.25) is 4.79 Å². The Bertz CT molecular complexity index is 251. The maximum atomic E-state index is 11.1. The quantitative estimate of drug-likeness (QED) is 0.460. The normalized spacial score (nSPS) is 11.3. The number of ether oxygens (including phenoxy) is 1. The first kappa shape index (κ1) is 14.9. The monoisotopic (exact) mass is 224 g/mol. The number of hydrogen-bond acceptors (Lipinski definition) is 2. The van der Waals surface area contributed by atoms with Crippen molar-refractivity contribution in [1.82, 2.24) is 0 Å². The molecule has 2 heteroatoms. The van der Waals surface area contributed by atoms with E-state index in [2.05, 4.69) is 19.6 Å². The Morgan fingerprint density at radius 3 is 2.50 bits per heavy atom. The summed E-state index contributed by atoms with van der Waals surface area (Å²) in [4.78, 5) is 11.1. The van der Waals surface area contributed by atoms with E-state index in [1.54, 1.807) is 0 Å². The van der Waals surface area contributed by atoms with Gasteiger partial charge < -0.3 is 4.74 Å². The van der Waals surface area contributed by atoms with Crippen LogP contribution in [0.3, 0.4) is 0 Å². The van der Waals surface area contributed by atoms with E-state index in [1.807, 2.05) is 13.8 Å². The second kappa shape index (κ2) is 9.20. The lowest BCUT2D eigenvalue weighted by Crippen LogP contribution is -2.03. The molecule has 0 unspecified atom stereocenters. The van der Waals surface area contributed by atoms with Gasteiger partial charge in [-0.15, -0.1) is 6.58 Å². The molecule has 0 amide bonds. The van der Waals surface area contributed by atoms with Crippen molar-refractivity contribution in [3.05, 3.63) is 23.8 Å². The molecule has 0 aliphatic carbocycles. The molecule has 16 heavy (non-hydrogen) atoms. The molecule has 92 valence electrons. The third kappa shape index (κ3) is 9.50. The van der Waals surface area contributed by atoms with E-state index in [4.69, 9.17) is 4.74 Å². The minimum Gasteiger partial charge on any atom is -0.466 e. The molecule has 0 heterocycles. The van der Waals surface area contributed by atoms with Crippen LogP contribution < -0.4 is 0 Å². The van der Waals surface area contributed by atoms with Gasteiger partial charge in [0.15, 0.2) is 0 Å². The maximum absolute atomic E-state index is 11.1. The lowest BCUT2D eigenvalue weighted by atomic mass is 10.1. The highest BCUT2D eigenvalue weighted by atomic mass is 16.5. The van der Waals surface area contributed by atoms with Crippen LogP contribution in [0.1, 0.15) is 52.9 Å². The van der Waals surface area contributed by atoms with Crippen molar-refractivity contribution in [1.29, 1.82) is 0 Å². The van der Waals surface area contributed by atoms with Crippen LogP contribution in [0.2, 0.25) is 0 Å². The fraction of sp³-hybridized carbons (Fsp3) is 0.643. The summed E-state index contributed by atoms with van der Waals surface area (Å²) in [6, 6.07) is 0. The number of hydrogen-bond donors (Lipinski definition) is 0. The van der Waals surface area contributed by atoms with E-state index >= 15 is 0 Å². The van der Waals surface area contributed by atoms with Crippen molar-refractivity contribution in [2.75, 3.05) is 6.61 Å². The van der Waals surface area contributed by atoms with Gasteiger partial charge in [-0.25, -0.2) is 0 Å². The molecule has 0 N–H and O–H groups in total. The Labute approximate surface area is 99.4 Å². The van der Waals surface area contributed by atoms with E-state index in [1.165, 1.54) is 11.1 Å². The van der Waals surface area contributed by atoms with Gasteiger partial charge >= 0.3 is 5.97 Å². The number of esters is 1. The molecule has 0 atom stereocenters. The average molecular weight is 224 g/mol. The minimum atomic E-state index is -0.0859. The summed E-state index contributed by atoms with van der Waals surface area (Å²) in [6.45, 7) is 10.3. The van der Waals surface area contributed by atoms with Crippen LogP contribution in [0.15, 0.2) is 23.8 Å². The van der Waals surface area contributed by atoms with Gasteiger partial charge in [0.25, 0.3) is 0 Å². The largest absolute Gasteiger partial charge is 0.466 e. The van der Waals surface area contributed by atoms with Crippen LogP contribution in [0.4, 0.5) is 0 Å². The molecule has 0 aromatic heterocycles. The molecule has 0 saturated heterocycles. The topological polar surface area (TPSA) is 26.3 Å². The highest BCUT2D eigenvalue weighted by Crippen LogP contribution is 2.10. The molecule has 0 spiro atoms. The fourth-order valence-electron chi connectivity index (χ4n) is 1.41. The molecule has 0 rings (SSSR count). The summed E-state index contributed by atoms with van der Waals surface area (Å²) in [7, 11) is 0. The Morgan fingerprint density at radius 1 is 1.25 bits per heavy atom. The third-order valence-electron chi connectivity index (χ3n) is 2.32. The molecule has 0 bridgehead atoms. The fourth-order valence-corrected chi connectivity index (χ4v) is 1.41. The number of carbonyl (C=O) groups excluding carboxylic acids is 1. The van der Waals surface area contributed by atoms with Crippen molar-refractivity contribution >= 4 is 5.97 Å². The Morgan fingerprint density at radius 2 is 1.94 bits per heavy atom. The highest BCUT2D eigenvalue weighted by Gasteiger charge is 2.00. The lowest BCUT2D eigenvalue weighted by molar-refractivity contribution is -0.143. The Hall–Kier alpha value is -1.05. The number of carbonyl (C=O) groups is 1. The van der Waals surface area contributed by atoms with Crippen molar-refractivity contribution in [3.8, 4) is 0 Å². The Balaban J connectivity index is 3.60. The molecular weight excluding hydrogens is 200 g/mol. The maximum Gasteiger partial charge on any atom is 0.305 e. The summed E-state index contributed by atoms with van der Waals surface area (Å²) in [5, 5.41) is 0. The molecule has 0 fully saturated rings. The van der Waals surface area contributed by atoms with E-state index in [9.17, 15) is 4.79 Å². The smallest absolute Gasteiger partial charge is 0.305 e. The Kier molecular flexibility index (Phi) is 8.59. The van der Waals surface area contributed by atoms with Crippen LogP contribution in [0.25, 0.3) is 0 Å². The van der Waals surface area contributed by atoms with Crippen LogP contribution >= 0.6 is 0 Å². The molecule has 0 saturated carbocycles. The zero-order chi connectivity index (χ0) is 12.4. The van der Waals surface area contributed by atoms with E-state index in [0.717, 1.165) is 25.7 Å². The van der Waals surface area contributed by atoms with Crippen LogP contribution in [-0.2, 0) is 9.53 Å². The second-order valence-electron chi connectivity index (χ2n) is 4.20. The van der Waals surface area contributed by atoms with Crippen molar-refractivity contribution in [2.45, 2.75) is 52.9 Å². The van der Waals surface area contributed by atoms with Crippen molar-refractivity contribution in [2.24, 2.45) is 0 Å². The average Bonchev–Trinajstić information content (AvgIpc) is 2.17.